The van der Waals surface area contributed by atoms with Gasteiger partial charge in [-0.3, -0.25) is 9.59 Å². The van der Waals surface area contributed by atoms with Gasteiger partial charge in [0.15, 0.2) is 4.34 Å². The van der Waals surface area contributed by atoms with Crippen LogP contribution in [0.1, 0.15) is 41.6 Å². The number of anilines is 2. The van der Waals surface area contributed by atoms with E-state index in [0.717, 1.165) is 31.2 Å². The van der Waals surface area contributed by atoms with E-state index in [1.807, 2.05) is 0 Å². The van der Waals surface area contributed by atoms with E-state index in [0.29, 0.717) is 27.3 Å². The Hall–Kier alpha value is -2.98. The van der Waals surface area contributed by atoms with Gasteiger partial charge in [-0.1, -0.05) is 60.2 Å². The number of rotatable bonds is 9. The number of hydrogen-bond donors (Lipinski definition) is 3. The SMILES string of the molecule is O=C(CSc1nnc(NCc2ccc(F)cc2)s1)Nc1ccccc1C(=O)NC1CCCC1. The van der Waals surface area contributed by atoms with E-state index in [2.05, 4.69) is 26.1 Å². The van der Waals surface area contributed by atoms with Crippen LogP contribution in [0.3, 0.4) is 0 Å². The number of para-hydroxylation sites is 1. The summed E-state index contributed by atoms with van der Waals surface area (Å²) in [6.07, 6.45) is 4.27. The molecular formula is C23H24FN5O2S2. The molecule has 0 saturated heterocycles. The van der Waals surface area contributed by atoms with Crippen molar-refractivity contribution in [2.45, 2.75) is 42.6 Å². The van der Waals surface area contributed by atoms with Crippen molar-refractivity contribution >= 4 is 45.7 Å². The van der Waals surface area contributed by atoms with Crippen LogP contribution in [0, 0.1) is 5.82 Å². The van der Waals surface area contributed by atoms with E-state index in [-0.39, 0.29) is 29.4 Å². The third-order valence-corrected chi connectivity index (χ3v) is 7.24. The molecule has 0 atom stereocenters. The molecule has 0 spiro atoms. The largest absolute Gasteiger partial charge is 0.356 e. The summed E-state index contributed by atoms with van der Waals surface area (Å²) < 4.78 is 13.6. The summed E-state index contributed by atoms with van der Waals surface area (Å²) >= 11 is 2.62. The molecule has 3 aromatic rings. The Morgan fingerprint density at radius 3 is 2.61 bits per heavy atom. The normalized spacial score (nSPS) is 13.6. The van der Waals surface area contributed by atoms with Gasteiger partial charge < -0.3 is 16.0 Å². The minimum Gasteiger partial charge on any atom is -0.356 e. The minimum atomic E-state index is -0.274. The van der Waals surface area contributed by atoms with Gasteiger partial charge in [0, 0.05) is 12.6 Å². The minimum absolute atomic E-state index is 0.144. The van der Waals surface area contributed by atoms with Crippen LogP contribution in [0.2, 0.25) is 0 Å². The van der Waals surface area contributed by atoms with E-state index in [9.17, 15) is 14.0 Å². The summed E-state index contributed by atoms with van der Waals surface area (Å²) in [7, 11) is 0. The van der Waals surface area contributed by atoms with Gasteiger partial charge in [-0.25, -0.2) is 4.39 Å². The summed E-state index contributed by atoms with van der Waals surface area (Å²) in [5.74, 6) is -0.516. The number of aromatic nitrogens is 2. The van der Waals surface area contributed by atoms with Crippen molar-refractivity contribution in [3.63, 3.8) is 0 Å². The van der Waals surface area contributed by atoms with Gasteiger partial charge in [0.1, 0.15) is 5.82 Å². The lowest BCUT2D eigenvalue weighted by atomic mass is 10.1. The van der Waals surface area contributed by atoms with Crippen molar-refractivity contribution in [2.24, 2.45) is 0 Å². The first-order chi connectivity index (χ1) is 16.1. The molecule has 1 aliphatic carbocycles. The molecule has 3 N–H and O–H groups in total. The molecular weight excluding hydrogens is 461 g/mol. The molecule has 2 amide bonds. The molecule has 1 aromatic heterocycles. The third kappa shape index (κ3) is 6.75. The summed E-state index contributed by atoms with van der Waals surface area (Å²) in [6, 6.07) is 13.5. The predicted octanol–water partition coefficient (Wildman–Crippen LogP) is 4.69. The number of thioether (sulfide) groups is 1. The molecule has 1 saturated carbocycles. The fraction of sp³-hybridized carbons (Fsp3) is 0.304. The van der Waals surface area contributed by atoms with Gasteiger partial charge in [0.05, 0.1) is 17.0 Å². The van der Waals surface area contributed by atoms with Gasteiger partial charge in [0.25, 0.3) is 5.91 Å². The van der Waals surface area contributed by atoms with Crippen molar-refractivity contribution in [3.05, 3.63) is 65.5 Å². The highest BCUT2D eigenvalue weighted by atomic mass is 32.2. The second-order valence-corrected chi connectivity index (χ2v) is 9.89. The van der Waals surface area contributed by atoms with E-state index in [4.69, 9.17) is 0 Å². The molecule has 0 aliphatic heterocycles. The molecule has 10 heteroatoms. The Bertz CT molecular complexity index is 1100. The van der Waals surface area contributed by atoms with Gasteiger partial charge in [-0.05, 0) is 42.7 Å². The molecule has 2 aromatic carbocycles. The van der Waals surface area contributed by atoms with Crippen molar-refractivity contribution < 1.29 is 14.0 Å². The molecule has 1 heterocycles. The van der Waals surface area contributed by atoms with E-state index in [1.54, 1.807) is 36.4 Å². The first-order valence-corrected chi connectivity index (χ1v) is 12.5. The second kappa shape index (κ2) is 11.2. The Kier molecular flexibility index (Phi) is 7.90. The van der Waals surface area contributed by atoms with Crippen LogP contribution < -0.4 is 16.0 Å². The maximum atomic E-state index is 13.0. The Labute approximate surface area is 199 Å². The summed E-state index contributed by atoms with van der Waals surface area (Å²) in [4.78, 5) is 25.2. The molecule has 172 valence electrons. The second-order valence-electron chi connectivity index (χ2n) is 7.69. The lowest BCUT2D eigenvalue weighted by molar-refractivity contribution is -0.113. The summed E-state index contributed by atoms with van der Waals surface area (Å²) in [6.45, 7) is 0.500. The maximum absolute atomic E-state index is 13.0. The average Bonchev–Trinajstić information content (AvgIpc) is 3.50. The molecule has 7 nitrogen and oxygen atoms in total. The van der Waals surface area contributed by atoms with Crippen molar-refractivity contribution in [1.29, 1.82) is 0 Å². The number of carbonyl (C=O) groups excluding carboxylic acids is 2. The van der Waals surface area contributed by atoms with Gasteiger partial charge in [-0.15, -0.1) is 10.2 Å². The molecule has 4 rings (SSSR count). The maximum Gasteiger partial charge on any atom is 0.253 e. The summed E-state index contributed by atoms with van der Waals surface area (Å²) in [5, 5.41) is 17.8. The van der Waals surface area contributed by atoms with Crippen LogP contribution >= 0.6 is 23.1 Å². The zero-order chi connectivity index (χ0) is 23.0. The average molecular weight is 486 g/mol. The monoisotopic (exact) mass is 485 g/mol. The summed E-state index contributed by atoms with van der Waals surface area (Å²) in [5.41, 5.74) is 1.89. The molecule has 1 aliphatic rings. The lowest BCUT2D eigenvalue weighted by Gasteiger charge is -2.14. The highest BCUT2D eigenvalue weighted by Gasteiger charge is 2.20. The quantitative estimate of drug-likeness (QED) is 0.381. The highest BCUT2D eigenvalue weighted by molar-refractivity contribution is 8.01. The Morgan fingerprint density at radius 2 is 1.82 bits per heavy atom. The number of nitrogens with zero attached hydrogens (tertiary/aromatic N) is 2. The molecule has 0 unspecified atom stereocenters. The van der Waals surface area contributed by atoms with Crippen molar-refractivity contribution in [1.82, 2.24) is 15.5 Å². The molecule has 1 fully saturated rings. The van der Waals surface area contributed by atoms with Crippen LogP contribution in [0.5, 0.6) is 0 Å². The van der Waals surface area contributed by atoms with Crippen LogP contribution in [-0.4, -0.2) is 33.8 Å². The first kappa shape index (κ1) is 23.2. The first-order valence-electron chi connectivity index (χ1n) is 10.7. The third-order valence-electron chi connectivity index (χ3n) is 5.23. The number of hydrogen-bond acceptors (Lipinski definition) is 7. The van der Waals surface area contributed by atoms with Gasteiger partial charge in [0.2, 0.25) is 11.0 Å². The lowest BCUT2D eigenvalue weighted by Crippen LogP contribution is -2.33. The Morgan fingerprint density at radius 1 is 1.06 bits per heavy atom. The van der Waals surface area contributed by atoms with Crippen LogP contribution in [0.4, 0.5) is 15.2 Å². The van der Waals surface area contributed by atoms with Gasteiger partial charge in [-0.2, -0.15) is 0 Å². The van der Waals surface area contributed by atoms with Gasteiger partial charge >= 0.3 is 0 Å². The molecule has 0 radical (unpaired) electrons. The number of halogens is 1. The van der Waals surface area contributed by atoms with Crippen molar-refractivity contribution in [2.75, 3.05) is 16.4 Å². The smallest absolute Gasteiger partial charge is 0.253 e. The molecule has 0 bridgehead atoms. The molecule has 33 heavy (non-hydrogen) atoms. The number of amides is 2. The fourth-order valence-corrected chi connectivity index (χ4v) is 5.10. The standard InChI is InChI=1S/C23H24FN5O2S2/c24-16-11-9-15(10-12-16)13-25-22-28-29-23(33-22)32-14-20(30)27-19-8-4-3-7-18(19)21(31)26-17-5-1-2-6-17/h3-4,7-12,17H,1-2,5-6,13-14H2,(H,25,28)(H,26,31)(H,27,30). The van der Waals surface area contributed by atoms with E-state index in [1.165, 1.54) is 35.2 Å². The van der Waals surface area contributed by atoms with Crippen LogP contribution in [-0.2, 0) is 11.3 Å². The van der Waals surface area contributed by atoms with E-state index >= 15 is 0 Å². The van der Waals surface area contributed by atoms with Crippen molar-refractivity contribution in [3.8, 4) is 0 Å². The topological polar surface area (TPSA) is 96.0 Å². The van der Waals surface area contributed by atoms with Crippen LogP contribution in [0.25, 0.3) is 0 Å². The van der Waals surface area contributed by atoms with Crippen LogP contribution in [0.15, 0.2) is 52.9 Å². The zero-order valence-electron chi connectivity index (χ0n) is 17.8. The number of carbonyl (C=O) groups is 2. The predicted molar refractivity (Wildman–Crippen MR) is 129 cm³/mol. The highest BCUT2D eigenvalue weighted by Crippen LogP contribution is 2.26. The Balaban J connectivity index is 1.27. The zero-order valence-corrected chi connectivity index (χ0v) is 19.5. The number of nitrogens with one attached hydrogen (secondary N) is 3. The van der Waals surface area contributed by atoms with E-state index < -0.39 is 0 Å². The number of benzene rings is 2. The fourth-order valence-electron chi connectivity index (χ4n) is 3.56.